The molecule has 1 aromatic heterocycles. The molecule has 0 bridgehead atoms. The highest BCUT2D eigenvalue weighted by Crippen LogP contribution is 2.20. The van der Waals surface area contributed by atoms with Gasteiger partial charge in [0.15, 0.2) is 0 Å². The summed E-state index contributed by atoms with van der Waals surface area (Å²) >= 11 is 0. The molecular formula is C19H25N3O3. The Morgan fingerprint density at radius 1 is 1.20 bits per heavy atom. The van der Waals surface area contributed by atoms with Gasteiger partial charge in [0.1, 0.15) is 0 Å². The highest BCUT2D eigenvalue weighted by atomic mass is 16.6. The van der Waals surface area contributed by atoms with Crippen molar-refractivity contribution in [1.82, 2.24) is 9.78 Å². The smallest absolute Gasteiger partial charge is 0.267 e. The van der Waals surface area contributed by atoms with E-state index in [1.165, 1.54) is 48.6 Å². The van der Waals surface area contributed by atoms with E-state index in [0.717, 1.165) is 29.8 Å². The number of aromatic nitrogens is 2. The number of hydrogen-bond donors (Lipinski definition) is 0. The molecule has 0 atom stereocenters. The van der Waals surface area contributed by atoms with Crippen LogP contribution < -0.4 is 0 Å². The third-order valence-corrected chi connectivity index (χ3v) is 4.47. The number of non-ortho nitro benzene ring substituents is 1. The summed E-state index contributed by atoms with van der Waals surface area (Å²) in [5.41, 5.74) is 2.96. The van der Waals surface area contributed by atoms with E-state index in [2.05, 4.69) is 12.0 Å². The summed E-state index contributed by atoms with van der Waals surface area (Å²) < 4.78 is 1.37. The number of nitro benzene ring substituents is 1. The van der Waals surface area contributed by atoms with Crippen molar-refractivity contribution in [2.24, 2.45) is 0 Å². The largest absolute Gasteiger partial charge is 0.278 e. The van der Waals surface area contributed by atoms with Crippen molar-refractivity contribution in [3.05, 3.63) is 56.9 Å². The molecule has 0 spiro atoms. The molecule has 2 aromatic rings. The zero-order valence-corrected chi connectivity index (χ0v) is 15.1. The first kappa shape index (κ1) is 18.8. The zero-order chi connectivity index (χ0) is 18.4. The molecule has 1 aromatic carbocycles. The van der Waals surface area contributed by atoms with Gasteiger partial charge in [-0.15, -0.1) is 0 Å². The minimum Gasteiger partial charge on any atom is -0.267 e. The summed E-state index contributed by atoms with van der Waals surface area (Å²) in [6, 6.07) is 5.77. The lowest BCUT2D eigenvalue weighted by Gasteiger charge is -2.05. The Morgan fingerprint density at radius 2 is 1.92 bits per heavy atom. The van der Waals surface area contributed by atoms with Gasteiger partial charge in [-0.25, -0.2) is 4.68 Å². The van der Waals surface area contributed by atoms with Gasteiger partial charge in [0.25, 0.3) is 11.6 Å². The number of nitro groups is 1. The van der Waals surface area contributed by atoms with Crippen molar-refractivity contribution in [2.75, 3.05) is 0 Å². The standard InChI is InChI=1S/C19H25N3O3/c1-4-5-6-7-8-12-18-14(2)20-21(15(18)3)19(23)16-10-9-11-17(13-16)22(24)25/h9-11,13H,4-8,12H2,1-3H3. The molecule has 0 saturated heterocycles. The summed E-state index contributed by atoms with van der Waals surface area (Å²) in [7, 11) is 0. The van der Waals surface area contributed by atoms with Gasteiger partial charge in [-0.05, 0) is 38.3 Å². The molecule has 0 fully saturated rings. The number of aryl methyl sites for hydroxylation is 1. The Kier molecular flexibility index (Phi) is 6.44. The summed E-state index contributed by atoms with van der Waals surface area (Å²) in [6.07, 6.45) is 6.87. The van der Waals surface area contributed by atoms with Crippen LogP contribution in [0.5, 0.6) is 0 Å². The van der Waals surface area contributed by atoms with Gasteiger partial charge in [-0.2, -0.15) is 5.10 Å². The highest BCUT2D eigenvalue weighted by Gasteiger charge is 2.19. The van der Waals surface area contributed by atoms with Crippen LogP contribution >= 0.6 is 0 Å². The van der Waals surface area contributed by atoms with E-state index >= 15 is 0 Å². The minimum atomic E-state index is -0.500. The Labute approximate surface area is 148 Å². The molecule has 25 heavy (non-hydrogen) atoms. The van der Waals surface area contributed by atoms with Gasteiger partial charge >= 0.3 is 0 Å². The Morgan fingerprint density at radius 3 is 2.60 bits per heavy atom. The summed E-state index contributed by atoms with van der Waals surface area (Å²) in [4.78, 5) is 23.1. The molecule has 0 aliphatic carbocycles. The van der Waals surface area contributed by atoms with E-state index in [1.807, 2.05) is 13.8 Å². The van der Waals surface area contributed by atoms with Crippen LogP contribution in [-0.2, 0) is 6.42 Å². The van der Waals surface area contributed by atoms with Crippen LogP contribution in [0.15, 0.2) is 24.3 Å². The fraction of sp³-hybridized carbons (Fsp3) is 0.474. The van der Waals surface area contributed by atoms with Gasteiger partial charge in [-0.3, -0.25) is 14.9 Å². The van der Waals surface area contributed by atoms with Crippen molar-refractivity contribution in [3.8, 4) is 0 Å². The second-order valence-electron chi connectivity index (χ2n) is 6.34. The molecule has 0 saturated carbocycles. The quantitative estimate of drug-likeness (QED) is 0.398. The maximum absolute atomic E-state index is 12.7. The number of benzene rings is 1. The lowest BCUT2D eigenvalue weighted by atomic mass is 10.0. The summed E-state index contributed by atoms with van der Waals surface area (Å²) in [5, 5.41) is 15.3. The Balaban J connectivity index is 2.17. The van der Waals surface area contributed by atoms with Crippen LogP contribution in [0.25, 0.3) is 0 Å². The first-order valence-corrected chi connectivity index (χ1v) is 8.80. The zero-order valence-electron chi connectivity index (χ0n) is 15.1. The summed E-state index contributed by atoms with van der Waals surface area (Å²) in [6.45, 7) is 5.99. The molecule has 0 radical (unpaired) electrons. The Bertz CT molecular complexity index is 765. The van der Waals surface area contributed by atoms with Crippen molar-refractivity contribution >= 4 is 11.6 Å². The third-order valence-electron chi connectivity index (χ3n) is 4.47. The number of rotatable bonds is 8. The number of unbranched alkanes of at least 4 members (excludes halogenated alkanes) is 4. The molecule has 2 rings (SSSR count). The lowest BCUT2D eigenvalue weighted by molar-refractivity contribution is -0.384. The van der Waals surface area contributed by atoms with Crippen LogP contribution in [0.1, 0.15) is 66.3 Å². The number of hydrogen-bond acceptors (Lipinski definition) is 4. The molecule has 0 aliphatic heterocycles. The van der Waals surface area contributed by atoms with E-state index in [4.69, 9.17) is 0 Å². The molecule has 0 amide bonds. The van der Waals surface area contributed by atoms with Gasteiger partial charge in [0.05, 0.1) is 10.6 Å². The van der Waals surface area contributed by atoms with Gasteiger partial charge in [0.2, 0.25) is 0 Å². The van der Waals surface area contributed by atoms with E-state index < -0.39 is 4.92 Å². The van der Waals surface area contributed by atoms with Crippen LogP contribution in [0.2, 0.25) is 0 Å². The number of carbonyl (C=O) groups excluding carboxylic acids is 1. The van der Waals surface area contributed by atoms with E-state index in [0.29, 0.717) is 0 Å². The third kappa shape index (κ3) is 4.53. The predicted molar refractivity (Wildman–Crippen MR) is 97.0 cm³/mol. The van der Waals surface area contributed by atoms with Crippen LogP contribution in [0, 0.1) is 24.0 Å². The first-order chi connectivity index (χ1) is 12.0. The van der Waals surface area contributed by atoms with Crippen molar-refractivity contribution < 1.29 is 9.72 Å². The van der Waals surface area contributed by atoms with Crippen LogP contribution in [0.4, 0.5) is 5.69 Å². The van der Waals surface area contributed by atoms with Crippen LogP contribution in [-0.4, -0.2) is 20.6 Å². The predicted octanol–water partition coefficient (Wildman–Crippen LogP) is 4.61. The minimum absolute atomic E-state index is 0.0940. The molecule has 0 aliphatic rings. The molecule has 0 N–H and O–H groups in total. The van der Waals surface area contributed by atoms with E-state index in [-0.39, 0.29) is 17.2 Å². The SMILES string of the molecule is CCCCCCCc1c(C)nn(C(=O)c2cccc([N+](=O)[O-])c2)c1C. The molecule has 134 valence electrons. The monoisotopic (exact) mass is 343 g/mol. The average molecular weight is 343 g/mol. The summed E-state index contributed by atoms with van der Waals surface area (Å²) in [5.74, 6) is -0.332. The number of nitrogens with zero attached hydrogens (tertiary/aromatic N) is 3. The maximum atomic E-state index is 12.7. The maximum Gasteiger partial charge on any atom is 0.278 e. The van der Waals surface area contributed by atoms with Crippen molar-refractivity contribution in [3.63, 3.8) is 0 Å². The normalized spacial score (nSPS) is 10.8. The van der Waals surface area contributed by atoms with E-state index in [9.17, 15) is 14.9 Å². The lowest BCUT2D eigenvalue weighted by Crippen LogP contribution is -2.15. The fourth-order valence-electron chi connectivity index (χ4n) is 3.01. The van der Waals surface area contributed by atoms with Gasteiger partial charge in [0, 0.05) is 23.4 Å². The van der Waals surface area contributed by atoms with Gasteiger partial charge in [-0.1, -0.05) is 38.7 Å². The van der Waals surface area contributed by atoms with Crippen LogP contribution in [0.3, 0.4) is 0 Å². The van der Waals surface area contributed by atoms with Gasteiger partial charge < -0.3 is 0 Å². The second-order valence-corrected chi connectivity index (χ2v) is 6.34. The Hall–Kier alpha value is -2.50. The van der Waals surface area contributed by atoms with E-state index in [1.54, 1.807) is 6.07 Å². The molecule has 1 heterocycles. The van der Waals surface area contributed by atoms with Crippen molar-refractivity contribution in [1.29, 1.82) is 0 Å². The first-order valence-electron chi connectivity index (χ1n) is 8.80. The second kappa shape index (κ2) is 8.55. The van der Waals surface area contributed by atoms with Crippen molar-refractivity contribution in [2.45, 2.75) is 59.3 Å². The topological polar surface area (TPSA) is 78.0 Å². The molecule has 0 unspecified atom stereocenters. The average Bonchev–Trinajstić information content (AvgIpc) is 2.89. The molecular weight excluding hydrogens is 318 g/mol. The molecule has 6 nitrogen and oxygen atoms in total. The highest BCUT2D eigenvalue weighted by molar-refractivity contribution is 5.96. The fourth-order valence-corrected chi connectivity index (χ4v) is 3.01. The molecule has 6 heteroatoms. The number of carbonyl (C=O) groups is 1.